The van der Waals surface area contributed by atoms with Crippen LogP contribution in [0.15, 0.2) is 41.1 Å². The summed E-state index contributed by atoms with van der Waals surface area (Å²) in [6, 6.07) is 4.86. The van der Waals surface area contributed by atoms with Crippen molar-refractivity contribution in [2.45, 2.75) is 6.18 Å². The molecule has 0 atom stereocenters. The fraction of sp³-hybridized carbons (Fsp3) is 0.312. The average molecular weight is 386 g/mol. The second kappa shape index (κ2) is 9.03. The van der Waals surface area contributed by atoms with Crippen LogP contribution in [-0.2, 0) is 15.7 Å². The summed E-state index contributed by atoms with van der Waals surface area (Å²) in [7, 11) is 1.42. The molecule has 146 valence electrons. The van der Waals surface area contributed by atoms with Crippen LogP contribution in [0, 0.1) is 0 Å². The molecule has 0 aliphatic rings. The molecule has 3 amide bonds. The minimum atomic E-state index is -4.53. The van der Waals surface area contributed by atoms with Crippen LogP contribution in [0.25, 0.3) is 0 Å². The Morgan fingerprint density at radius 1 is 1.26 bits per heavy atom. The predicted molar refractivity (Wildman–Crippen MR) is 89.0 cm³/mol. The number of nitrogens with zero attached hydrogens (tertiary/aromatic N) is 2. The zero-order valence-corrected chi connectivity index (χ0v) is 14.2. The third kappa shape index (κ3) is 6.29. The number of ether oxygens (including phenoxy) is 1. The van der Waals surface area contributed by atoms with Gasteiger partial charge in [-0.25, -0.2) is 4.79 Å². The molecule has 27 heavy (non-hydrogen) atoms. The summed E-state index contributed by atoms with van der Waals surface area (Å²) in [4.78, 5) is 25.5. The second-order valence-corrected chi connectivity index (χ2v) is 5.36. The number of carbonyl (C=O) groups excluding carboxylic acids is 2. The van der Waals surface area contributed by atoms with E-state index in [2.05, 4.69) is 20.3 Å². The van der Waals surface area contributed by atoms with Crippen LogP contribution in [0.4, 0.5) is 29.5 Å². The van der Waals surface area contributed by atoms with Crippen LogP contribution in [-0.4, -0.2) is 48.8 Å². The Bertz CT molecular complexity index is 765. The molecular weight excluding hydrogens is 369 g/mol. The molecule has 1 aromatic heterocycles. The Morgan fingerprint density at radius 2 is 2.04 bits per heavy atom. The van der Waals surface area contributed by atoms with E-state index in [0.717, 1.165) is 17.0 Å². The van der Waals surface area contributed by atoms with E-state index in [1.807, 2.05) is 0 Å². The van der Waals surface area contributed by atoms with Crippen molar-refractivity contribution < 1.29 is 32.0 Å². The number of hydrogen-bond acceptors (Lipinski definition) is 5. The first-order chi connectivity index (χ1) is 12.8. The number of methoxy groups -OCH3 is 1. The monoisotopic (exact) mass is 386 g/mol. The van der Waals surface area contributed by atoms with E-state index in [-0.39, 0.29) is 31.2 Å². The van der Waals surface area contributed by atoms with Gasteiger partial charge in [-0.1, -0.05) is 11.2 Å². The lowest BCUT2D eigenvalue weighted by Crippen LogP contribution is -2.42. The lowest BCUT2D eigenvalue weighted by atomic mass is 10.2. The number of benzene rings is 1. The first-order valence-corrected chi connectivity index (χ1v) is 7.72. The molecular formula is C16H17F3N4O4. The summed E-state index contributed by atoms with van der Waals surface area (Å²) in [6.45, 7) is -0.179. The topological polar surface area (TPSA) is 96.7 Å². The van der Waals surface area contributed by atoms with E-state index in [0.29, 0.717) is 0 Å². The number of hydrogen-bond donors (Lipinski definition) is 2. The number of urea groups is 1. The van der Waals surface area contributed by atoms with Gasteiger partial charge in [0.2, 0.25) is 5.91 Å². The van der Waals surface area contributed by atoms with Gasteiger partial charge in [0.1, 0.15) is 12.8 Å². The van der Waals surface area contributed by atoms with Crippen molar-refractivity contribution in [1.29, 1.82) is 0 Å². The lowest BCUT2D eigenvalue weighted by molar-refractivity contribution is -0.137. The number of alkyl halides is 3. The summed E-state index contributed by atoms with van der Waals surface area (Å²) in [6.07, 6.45) is -3.27. The molecule has 0 saturated heterocycles. The zero-order valence-electron chi connectivity index (χ0n) is 14.2. The van der Waals surface area contributed by atoms with Crippen molar-refractivity contribution in [3.05, 3.63) is 42.2 Å². The summed E-state index contributed by atoms with van der Waals surface area (Å²) in [5.74, 6) is -0.385. The van der Waals surface area contributed by atoms with Gasteiger partial charge in [0.05, 0.1) is 12.2 Å². The molecule has 2 rings (SSSR count). The van der Waals surface area contributed by atoms with E-state index in [4.69, 9.17) is 4.74 Å². The fourth-order valence-corrected chi connectivity index (χ4v) is 2.06. The largest absolute Gasteiger partial charge is 0.416 e. The second-order valence-electron chi connectivity index (χ2n) is 5.36. The number of halogens is 3. The first-order valence-electron chi connectivity index (χ1n) is 7.72. The maximum absolute atomic E-state index is 12.8. The molecule has 0 radical (unpaired) electrons. The molecule has 2 aromatic rings. The van der Waals surface area contributed by atoms with E-state index in [1.54, 1.807) is 0 Å². The van der Waals surface area contributed by atoms with E-state index < -0.39 is 23.7 Å². The minimum Gasteiger partial charge on any atom is -0.383 e. The molecule has 1 heterocycles. The Kier molecular flexibility index (Phi) is 6.77. The highest BCUT2D eigenvalue weighted by Crippen LogP contribution is 2.30. The van der Waals surface area contributed by atoms with Gasteiger partial charge >= 0.3 is 12.2 Å². The molecule has 8 nitrogen and oxygen atoms in total. The van der Waals surface area contributed by atoms with Crippen LogP contribution >= 0.6 is 0 Å². The number of nitrogens with one attached hydrogen (secondary N) is 2. The SMILES string of the molecule is COCCN(CC(=O)Nc1ccon1)C(=O)Nc1cccc(C(F)(F)F)c1. The van der Waals surface area contributed by atoms with Gasteiger partial charge in [0.25, 0.3) is 0 Å². The average Bonchev–Trinajstić information content (AvgIpc) is 3.10. The quantitative estimate of drug-likeness (QED) is 0.763. The molecule has 0 aliphatic heterocycles. The standard InChI is InChI=1S/C16H17F3N4O4/c1-26-8-6-23(10-14(24)21-13-5-7-27-22-13)15(25)20-12-4-2-3-11(9-12)16(17,18)19/h2-5,7,9H,6,8,10H2,1H3,(H,20,25)(H,21,22,24). The van der Waals surface area contributed by atoms with E-state index >= 15 is 0 Å². The molecule has 0 fully saturated rings. The summed E-state index contributed by atoms with van der Waals surface area (Å²) in [5.41, 5.74) is -0.943. The zero-order chi connectivity index (χ0) is 19.9. The van der Waals surface area contributed by atoms with Crippen molar-refractivity contribution in [2.24, 2.45) is 0 Å². The Morgan fingerprint density at radius 3 is 2.67 bits per heavy atom. The van der Waals surface area contributed by atoms with Gasteiger partial charge < -0.3 is 24.8 Å². The van der Waals surface area contributed by atoms with Crippen molar-refractivity contribution in [3.8, 4) is 0 Å². The molecule has 0 aliphatic carbocycles. The number of amides is 3. The van der Waals surface area contributed by atoms with Crippen LogP contribution < -0.4 is 10.6 Å². The number of anilines is 2. The Hall–Kier alpha value is -3.08. The highest BCUT2D eigenvalue weighted by Gasteiger charge is 2.30. The van der Waals surface area contributed by atoms with Crippen LogP contribution in [0.1, 0.15) is 5.56 Å². The summed E-state index contributed by atoms with van der Waals surface area (Å²) < 4.78 is 47.8. The Labute approximate surface area is 152 Å². The van der Waals surface area contributed by atoms with Gasteiger partial charge in [0.15, 0.2) is 5.82 Å². The molecule has 0 saturated carbocycles. The van der Waals surface area contributed by atoms with Gasteiger partial charge in [-0.05, 0) is 18.2 Å². The van der Waals surface area contributed by atoms with Gasteiger partial charge in [0, 0.05) is 25.4 Å². The fourth-order valence-electron chi connectivity index (χ4n) is 2.06. The lowest BCUT2D eigenvalue weighted by Gasteiger charge is -2.22. The van der Waals surface area contributed by atoms with Crippen LogP contribution in [0.2, 0.25) is 0 Å². The van der Waals surface area contributed by atoms with Gasteiger partial charge in [-0.15, -0.1) is 0 Å². The molecule has 2 N–H and O–H groups in total. The highest BCUT2D eigenvalue weighted by molar-refractivity contribution is 5.96. The third-order valence-electron chi connectivity index (χ3n) is 3.33. The van der Waals surface area contributed by atoms with E-state index in [1.165, 1.54) is 31.6 Å². The number of rotatable bonds is 7. The third-order valence-corrected chi connectivity index (χ3v) is 3.33. The summed E-state index contributed by atoms with van der Waals surface area (Å²) in [5, 5.41) is 8.28. The number of carbonyl (C=O) groups is 2. The maximum Gasteiger partial charge on any atom is 0.416 e. The molecule has 0 unspecified atom stereocenters. The minimum absolute atomic E-state index is 0.0471. The van der Waals surface area contributed by atoms with Crippen molar-refractivity contribution >= 4 is 23.4 Å². The number of aromatic nitrogens is 1. The molecule has 11 heteroatoms. The first kappa shape index (κ1) is 20.2. The van der Waals surface area contributed by atoms with Gasteiger partial charge in [-0.2, -0.15) is 13.2 Å². The van der Waals surface area contributed by atoms with Crippen molar-refractivity contribution in [3.63, 3.8) is 0 Å². The van der Waals surface area contributed by atoms with Gasteiger partial charge in [-0.3, -0.25) is 4.79 Å². The van der Waals surface area contributed by atoms with Crippen molar-refractivity contribution in [2.75, 3.05) is 37.4 Å². The van der Waals surface area contributed by atoms with Crippen LogP contribution in [0.3, 0.4) is 0 Å². The normalized spacial score (nSPS) is 11.1. The van der Waals surface area contributed by atoms with E-state index in [9.17, 15) is 22.8 Å². The highest BCUT2D eigenvalue weighted by atomic mass is 19.4. The molecule has 0 bridgehead atoms. The van der Waals surface area contributed by atoms with Crippen molar-refractivity contribution in [1.82, 2.24) is 10.1 Å². The molecule has 1 aromatic carbocycles. The smallest absolute Gasteiger partial charge is 0.383 e. The maximum atomic E-state index is 12.8. The Balaban J connectivity index is 2.04. The predicted octanol–water partition coefficient (Wildman–Crippen LogP) is 2.81. The summed E-state index contributed by atoms with van der Waals surface area (Å²) >= 11 is 0. The molecule has 0 spiro atoms. The van der Waals surface area contributed by atoms with Crippen LogP contribution in [0.5, 0.6) is 0 Å².